The Morgan fingerprint density at radius 2 is 2.60 bits per heavy atom. The maximum absolute atomic E-state index is 9.22. The summed E-state index contributed by atoms with van der Waals surface area (Å²) in [5.74, 6) is -0.556. The van der Waals surface area contributed by atoms with Crippen LogP contribution in [0, 0.1) is 0 Å². The van der Waals surface area contributed by atoms with Crippen LogP contribution < -0.4 is 0 Å². The summed E-state index contributed by atoms with van der Waals surface area (Å²) >= 11 is 0. The largest absolute Gasteiger partial charge is 0.508 e. The predicted octanol–water partition coefficient (Wildman–Crippen LogP) is 2.34. The number of hydrogen-bond acceptors (Lipinski definition) is 1. The fourth-order valence-electron chi connectivity index (χ4n) is 0.517. The molecular weight excluding hydrogens is 124 g/mol. The van der Waals surface area contributed by atoms with Crippen LogP contribution in [0.3, 0.4) is 0 Å². The number of aromatic hydroxyl groups is 1. The van der Waals surface area contributed by atoms with Gasteiger partial charge in [-0.05, 0) is 24.0 Å². The van der Waals surface area contributed by atoms with E-state index in [1.807, 2.05) is 0 Å². The molecule has 1 heteroatoms. The van der Waals surface area contributed by atoms with Crippen molar-refractivity contribution in [2.75, 3.05) is 0 Å². The molecule has 1 aromatic carbocycles. The number of hydrogen-bond donors (Lipinski definition) is 1. The van der Waals surface area contributed by atoms with Gasteiger partial charge in [-0.1, -0.05) is 25.3 Å². The molecule has 0 aliphatic rings. The summed E-state index contributed by atoms with van der Waals surface area (Å²) in [5, 5.41) is 9.22. The van der Waals surface area contributed by atoms with Gasteiger partial charge in [-0.3, -0.25) is 0 Å². The molecule has 0 atom stereocenters. The third-order valence-electron chi connectivity index (χ3n) is 0.930. The van der Waals surface area contributed by atoms with Crippen molar-refractivity contribution in [3.8, 4) is 5.75 Å². The van der Waals surface area contributed by atoms with E-state index in [-0.39, 0.29) is 0 Å². The van der Waals surface area contributed by atoms with Gasteiger partial charge < -0.3 is 5.11 Å². The highest BCUT2D eigenvalue weighted by molar-refractivity contribution is 5.25. The Morgan fingerprint density at radius 1 is 1.70 bits per heavy atom. The third-order valence-corrected chi connectivity index (χ3v) is 0.930. The highest BCUT2D eigenvalue weighted by Crippen LogP contribution is 2.10. The van der Waals surface area contributed by atoms with E-state index in [9.17, 15) is 5.11 Å². The second kappa shape index (κ2) is 3.25. The Balaban J connectivity index is 3.48. The van der Waals surface area contributed by atoms with Crippen LogP contribution in [0.1, 0.15) is 31.1 Å². The topological polar surface area (TPSA) is 20.2 Å². The second-order valence-electron chi connectivity index (χ2n) is 1.63. The number of aryl methyl sites for hydroxylation is 1. The van der Waals surface area contributed by atoms with Gasteiger partial charge >= 0.3 is 0 Å². The Labute approximate surface area is 74.0 Å². The monoisotopic (exact) mass is 145 g/mol. The first-order valence-electron chi connectivity index (χ1n) is 7.13. The SMILES string of the molecule is [2H]c1c(O)ccc(C([2H])([2H])C([2H])([2H])C([2H])([2H])[2H])c1[2H]. The van der Waals surface area contributed by atoms with Gasteiger partial charge in [-0.2, -0.15) is 0 Å². The summed E-state index contributed by atoms with van der Waals surface area (Å²) in [7, 11) is 0. The summed E-state index contributed by atoms with van der Waals surface area (Å²) in [4.78, 5) is 0. The number of phenols is 1. The Kier molecular flexibility index (Phi) is 0.581. The summed E-state index contributed by atoms with van der Waals surface area (Å²) < 4.78 is 66.4. The summed E-state index contributed by atoms with van der Waals surface area (Å²) in [6, 6.07) is 0.434. The van der Waals surface area contributed by atoms with Gasteiger partial charge in [0.25, 0.3) is 0 Å². The van der Waals surface area contributed by atoms with Crippen LogP contribution in [0.4, 0.5) is 0 Å². The van der Waals surface area contributed by atoms with Crippen molar-refractivity contribution in [1.82, 2.24) is 0 Å². The van der Waals surface area contributed by atoms with Crippen molar-refractivity contribution < 1.29 is 17.4 Å². The molecule has 0 aromatic heterocycles. The molecule has 1 aromatic rings. The molecule has 1 N–H and O–H groups in total. The average molecular weight is 145 g/mol. The van der Waals surface area contributed by atoms with Crippen LogP contribution in [0.25, 0.3) is 0 Å². The molecule has 0 bridgehead atoms. The van der Waals surface area contributed by atoms with Crippen LogP contribution in [0.15, 0.2) is 24.2 Å². The van der Waals surface area contributed by atoms with E-state index in [4.69, 9.17) is 12.3 Å². The molecule has 0 amide bonds. The Hall–Kier alpha value is -0.980. The normalized spacial score (nSPS) is 27.0. The summed E-state index contributed by atoms with van der Waals surface area (Å²) in [6.45, 7) is -3.23. The van der Waals surface area contributed by atoms with E-state index in [0.29, 0.717) is 0 Å². The molecule has 0 unspecified atom stereocenters. The lowest BCUT2D eigenvalue weighted by Crippen LogP contribution is -1.79. The number of benzene rings is 1. The molecule has 0 saturated carbocycles. The Bertz CT molecular complexity index is 491. The molecule has 1 nitrogen and oxygen atoms in total. The summed E-state index contributed by atoms with van der Waals surface area (Å²) in [6.07, 6.45) is -6.24. The second-order valence-corrected chi connectivity index (χ2v) is 1.63. The maximum atomic E-state index is 9.22. The smallest absolute Gasteiger partial charge is 0.115 e. The Morgan fingerprint density at radius 3 is 3.40 bits per heavy atom. The molecule has 1 rings (SSSR count). The number of phenolic OH excluding ortho intramolecular Hbond substituents is 1. The first-order chi connectivity index (χ1) is 8.34. The zero-order valence-electron chi connectivity index (χ0n) is 14.1. The van der Waals surface area contributed by atoms with Crippen LogP contribution in [-0.4, -0.2) is 5.11 Å². The molecule has 0 aliphatic carbocycles. The molecule has 0 fully saturated rings. The minimum atomic E-state index is -3.24. The highest BCUT2D eigenvalue weighted by Gasteiger charge is 1.89. The zero-order chi connectivity index (χ0) is 15.2. The van der Waals surface area contributed by atoms with Crippen molar-refractivity contribution in [2.24, 2.45) is 0 Å². The molecule has 0 aliphatic heterocycles. The van der Waals surface area contributed by atoms with Crippen molar-refractivity contribution in [3.63, 3.8) is 0 Å². The van der Waals surface area contributed by atoms with Crippen LogP contribution in [0.5, 0.6) is 5.75 Å². The van der Waals surface area contributed by atoms with Crippen molar-refractivity contribution in [1.29, 1.82) is 0 Å². The van der Waals surface area contributed by atoms with E-state index in [1.54, 1.807) is 0 Å². The van der Waals surface area contributed by atoms with E-state index in [2.05, 4.69) is 0 Å². The van der Waals surface area contributed by atoms with Gasteiger partial charge in [0, 0.05) is 9.60 Å². The average Bonchev–Trinajstić information content (AvgIpc) is 2.23. The zero-order valence-corrected chi connectivity index (χ0v) is 5.10. The molecule has 54 valence electrons. The lowest BCUT2D eigenvalue weighted by Gasteiger charge is -1.96. The van der Waals surface area contributed by atoms with Crippen molar-refractivity contribution >= 4 is 0 Å². The molecule has 0 saturated heterocycles. The van der Waals surface area contributed by atoms with Gasteiger partial charge in [0.2, 0.25) is 0 Å². The summed E-state index contributed by atoms with van der Waals surface area (Å²) in [5.41, 5.74) is -0.587. The minimum Gasteiger partial charge on any atom is -0.508 e. The molecule has 0 heterocycles. The first kappa shape index (κ1) is 1.79. The molecule has 10 heavy (non-hydrogen) atoms. The van der Waals surface area contributed by atoms with Gasteiger partial charge in [-0.25, -0.2) is 0 Å². The highest BCUT2D eigenvalue weighted by atomic mass is 16.3. The molecular formula is C9H12O. The van der Waals surface area contributed by atoms with Gasteiger partial charge in [0.15, 0.2) is 0 Å². The third kappa shape index (κ3) is 1.76. The predicted molar refractivity (Wildman–Crippen MR) is 42.1 cm³/mol. The fraction of sp³-hybridized carbons (Fsp3) is 0.333. The van der Waals surface area contributed by atoms with Crippen LogP contribution in [-0.2, 0) is 6.37 Å². The van der Waals surface area contributed by atoms with Crippen LogP contribution in [0.2, 0.25) is 0 Å². The fourth-order valence-corrected chi connectivity index (χ4v) is 0.517. The van der Waals surface area contributed by atoms with Crippen molar-refractivity contribution in [3.05, 3.63) is 29.8 Å². The first-order valence-corrected chi connectivity index (χ1v) is 2.63. The molecule has 0 radical (unpaired) electrons. The lowest BCUT2D eigenvalue weighted by molar-refractivity contribution is 0.475. The quantitative estimate of drug-likeness (QED) is 0.677. The standard InChI is InChI=1S/C9H12O/c1-2-3-8-4-6-9(10)7-5-8/h4-7,10H,2-3H2,1H3/i1D3,2D2,3D2,4D,6D. The van der Waals surface area contributed by atoms with Crippen molar-refractivity contribution in [2.45, 2.75) is 19.6 Å². The van der Waals surface area contributed by atoms with E-state index >= 15 is 0 Å². The minimum absolute atomic E-state index is 0.556. The van der Waals surface area contributed by atoms with E-state index in [1.165, 1.54) is 0 Å². The molecule has 0 spiro atoms. The van der Waals surface area contributed by atoms with Crippen LogP contribution >= 0.6 is 0 Å². The van der Waals surface area contributed by atoms with Gasteiger partial charge in [-0.15, -0.1) is 0 Å². The lowest BCUT2D eigenvalue weighted by atomic mass is 10.1. The van der Waals surface area contributed by atoms with Gasteiger partial charge in [0.1, 0.15) is 5.75 Å². The van der Waals surface area contributed by atoms with E-state index in [0.717, 1.165) is 12.1 Å². The van der Waals surface area contributed by atoms with E-state index < -0.39 is 43.0 Å². The van der Waals surface area contributed by atoms with Gasteiger partial charge in [0.05, 0.1) is 2.74 Å². The number of rotatable bonds is 2. The maximum Gasteiger partial charge on any atom is 0.115 e.